The van der Waals surface area contributed by atoms with E-state index in [-0.39, 0.29) is 15.3 Å². The molecule has 0 saturated heterocycles. The number of aldehydes is 1. The highest BCUT2D eigenvalue weighted by Gasteiger charge is 2.04. The molecule has 0 aliphatic carbocycles. The zero-order chi connectivity index (χ0) is 16.7. The average molecular weight is 283 g/mol. The van der Waals surface area contributed by atoms with Crippen LogP contribution in [-0.2, 0) is 9.59 Å². The van der Waals surface area contributed by atoms with E-state index in [1.54, 1.807) is 7.05 Å². The number of nitrogens with two attached hydrogens (primary N) is 1. The zero-order valence-electron chi connectivity index (χ0n) is 14.6. The van der Waals surface area contributed by atoms with Crippen LogP contribution in [0.1, 0.15) is 71.1 Å². The Kier molecular flexibility index (Phi) is 70.5. The normalized spacial score (nSPS) is 8.74. The fraction of sp³-hybridized carbons (Fsp3) is 0.867. The van der Waals surface area contributed by atoms with E-state index < -0.39 is 0 Å². The van der Waals surface area contributed by atoms with Gasteiger partial charge in [-0.2, -0.15) is 0 Å². The van der Waals surface area contributed by atoms with Crippen LogP contribution in [-0.4, -0.2) is 25.8 Å². The first kappa shape index (κ1) is 30.8. The maximum atomic E-state index is 10.2. The number of carbonyl (C=O) groups excluding carboxylic acids is 2. The summed E-state index contributed by atoms with van der Waals surface area (Å²) in [5, 5.41) is 2.92. The molecule has 0 aromatic heterocycles. The van der Waals surface area contributed by atoms with Crippen molar-refractivity contribution in [2.24, 2.45) is 11.7 Å². The summed E-state index contributed by atoms with van der Waals surface area (Å²) in [6, 6.07) is 0.0463. The smallest absolute Gasteiger partial charge is 0.204 e. The summed E-state index contributed by atoms with van der Waals surface area (Å²) in [6.07, 6.45) is 3.39. The van der Waals surface area contributed by atoms with E-state index in [9.17, 15) is 4.79 Å². The molecule has 0 saturated carbocycles. The maximum absolute atomic E-state index is 10.2. The fourth-order valence-electron chi connectivity index (χ4n) is 0.749. The Morgan fingerprint density at radius 3 is 1.42 bits per heavy atom. The number of carbonyl (C=O) groups is 2. The molecule has 19 heavy (non-hydrogen) atoms. The number of hydrogen-bond acceptors (Lipinski definition) is 3. The van der Waals surface area contributed by atoms with Gasteiger partial charge in [0.15, 0.2) is 0 Å². The molecular formula is C15H42N2O2. The van der Waals surface area contributed by atoms with Gasteiger partial charge in [-0.3, -0.25) is 4.79 Å². The van der Waals surface area contributed by atoms with Crippen molar-refractivity contribution in [1.82, 2.24) is 5.32 Å². The minimum Gasteiger partial charge on any atom is -0.372 e. The Bertz CT molecular complexity index is 139. The van der Waals surface area contributed by atoms with Crippen LogP contribution in [0.25, 0.3) is 0 Å². The number of likely N-dealkylation sites (N-methyl/N-ethyl adjacent to an activating group) is 1. The summed E-state index contributed by atoms with van der Waals surface area (Å²) in [5.41, 5.74) is 4.17. The van der Waals surface area contributed by atoms with Crippen LogP contribution in [0.5, 0.6) is 0 Å². The van der Waals surface area contributed by atoms with Crippen molar-refractivity contribution in [2.45, 2.75) is 74.3 Å². The minimum atomic E-state index is 0. The van der Waals surface area contributed by atoms with E-state index in [0.29, 0.717) is 5.92 Å². The monoisotopic (exact) mass is 282 g/mol. The first-order chi connectivity index (χ1) is 9.03. The van der Waals surface area contributed by atoms with Gasteiger partial charge in [-0.1, -0.05) is 61.8 Å². The van der Waals surface area contributed by atoms with Gasteiger partial charge in [0.25, 0.3) is 0 Å². The van der Waals surface area contributed by atoms with E-state index in [0.717, 1.165) is 12.7 Å². The van der Waals surface area contributed by atoms with Crippen LogP contribution in [0, 0.1) is 5.92 Å². The van der Waals surface area contributed by atoms with Crippen molar-refractivity contribution < 1.29 is 12.4 Å². The van der Waals surface area contributed by atoms with Crippen LogP contribution < -0.4 is 11.1 Å². The Morgan fingerprint density at radius 1 is 1.11 bits per heavy atom. The summed E-state index contributed by atoms with van der Waals surface area (Å²) in [6.45, 7) is 16.5. The first-order valence-electron chi connectivity index (χ1n) is 7.31. The highest BCUT2D eigenvalue weighted by Crippen LogP contribution is 2.01. The van der Waals surface area contributed by atoms with E-state index in [4.69, 9.17) is 4.79 Å². The largest absolute Gasteiger partial charge is 0.372 e. The summed E-state index contributed by atoms with van der Waals surface area (Å²) in [4.78, 5) is 18.8. The molecule has 0 aliphatic rings. The molecule has 4 heteroatoms. The molecule has 0 aliphatic heterocycles. The number of hydrogen-bond donors (Lipinski definition) is 2. The molecule has 124 valence electrons. The predicted octanol–water partition coefficient (Wildman–Crippen LogP) is 3.88. The van der Waals surface area contributed by atoms with Gasteiger partial charge in [0.2, 0.25) is 6.41 Å². The summed E-state index contributed by atoms with van der Waals surface area (Å²) in [5.74, 6) is 0.590. The highest BCUT2D eigenvalue weighted by molar-refractivity contribution is 5.57. The lowest BCUT2D eigenvalue weighted by molar-refractivity contribution is -0.110. The van der Waals surface area contributed by atoms with Crippen LogP contribution in [0.15, 0.2) is 0 Å². The average Bonchev–Trinajstić information content (AvgIpc) is 2.42. The van der Waals surface area contributed by atoms with Crippen molar-refractivity contribution in [3.8, 4) is 0 Å². The summed E-state index contributed by atoms with van der Waals surface area (Å²) in [7, 11) is 1.81. The van der Waals surface area contributed by atoms with Gasteiger partial charge in [-0.15, -0.1) is 0 Å². The van der Waals surface area contributed by atoms with Crippen molar-refractivity contribution >= 4 is 12.7 Å². The van der Waals surface area contributed by atoms with E-state index >= 15 is 0 Å². The van der Waals surface area contributed by atoms with Crippen LogP contribution in [0.2, 0.25) is 0 Å². The third-order valence-electron chi connectivity index (χ3n) is 1.26. The molecule has 1 amide bonds. The lowest BCUT2D eigenvalue weighted by atomic mass is 10.1. The predicted molar refractivity (Wildman–Crippen MR) is 91.5 cm³/mol. The SMILES string of the molecule is CC.CC.CCC.CN[C@H](C=O)CC(C)C.NC=O.[HH].[HH]. The van der Waals surface area contributed by atoms with Gasteiger partial charge in [0.1, 0.15) is 6.29 Å². The summed E-state index contributed by atoms with van der Waals surface area (Å²) < 4.78 is 0. The van der Waals surface area contributed by atoms with Gasteiger partial charge in [-0.25, -0.2) is 0 Å². The van der Waals surface area contributed by atoms with Crippen LogP contribution in [0.4, 0.5) is 0 Å². The number of rotatable bonds is 4. The van der Waals surface area contributed by atoms with E-state index in [1.165, 1.54) is 6.42 Å². The summed E-state index contributed by atoms with van der Waals surface area (Å²) >= 11 is 0. The highest BCUT2D eigenvalue weighted by atomic mass is 16.1. The Labute approximate surface area is 124 Å². The number of amides is 1. The second kappa shape index (κ2) is 43.5. The standard InChI is InChI=1S/C7H15NO.C3H8.2C2H6.CH3NO.2H2/c1-6(2)4-7(5-9)8-3;1-3-2;2*1-2;2-1-3;;/h5-8H,4H2,1-3H3;3H2,1-2H3;2*1-2H3;1H,(H2,2,3);2*1H/t7-;;;;;;/m0....../s1. The molecule has 0 radical (unpaired) electrons. The van der Waals surface area contributed by atoms with Crippen molar-refractivity contribution in [2.75, 3.05) is 7.05 Å². The van der Waals surface area contributed by atoms with Gasteiger partial charge in [-0.05, 0) is 19.4 Å². The molecule has 0 spiro atoms. The Balaban J connectivity index is -0.0000000278. The molecule has 0 unspecified atom stereocenters. The molecule has 0 aromatic carbocycles. The second-order valence-electron chi connectivity index (χ2n) is 3.50. The van der Waals surface area contributed by atoms with E-state index in [1.807, 2.05) is 27.7 Å². The van der Waals surface area contributed by atoms with Gasteiger partial charge in [0.05, 0.1) is 6.04 Å². The lowest BCUT2D eigenvalue weighted by Gasteiger charge is -2.10. The third kappa shape index (κ3) is 77.3. The molecule has 0 bridgehead atoms. The van der Waals surface area contributed by atoms with Crippen molar-refractivity contribution in [3.63, 3.8) is 0 Å². The Morgan fingerprint density at radius 2 is 1.37 bits per heavy atom. The van der Waals surface area contributed by atoms with Crippen LogP contribution >= 0.6 is 0 Å². The molecule has 1 atom stereocenters. The fourth-order valence-corrected chi connectivity index (χ4v) is 0.749. The molecule has 4 nitrogen and oxygen atoms in total. The molecule has 0 aromatic rings. The quantitative estimate of drug-likeness (QED) is 0.769. The lowest BCUT2D eigenvalue weighted by Crippen LogP contribution is -2.27. The van der Waals surface area contributed by atoms with Gasteiger partial charge in [0, 0.05) is 2.85 Å². The second-order valence-corrected chi connectivity index (χ2v) is 3.50. The molecule has 0 heterocycles. The molecule has 0 fully saturated rings. The van der Waals surface area contributed by atoms with Gasteiger partial charge >= 0.3 is 0 Å². The zero-order valence-corrected chi connectivity index (χ0v) is 14.6. The van der Waals surface area contributed by atoms with Crippen molar-refractivity contribution in [3.05, 3.63) is 0 Å². The van der Waals surface area contributed by atoms with Crippen molar-refractivity contribution in [1.29, 1.82) is 0 Å². The van der Waals surface area contributed by atoms with Crippen LogP contribution in [0.3, 0.4) is 0 Å². The topological polar surface area (TPSA) is 72.2 Å². The number of nitrogens with one attached hydrogen (secondary N) is 1. The first-order valence-corrected chi connectivity index (χ1v) is 7.31. The number of primary amides is 1. The Hall–Kier alpha value is -0.900. The van der Waals surface area contributed by atoms with E-state index in [2.05, 4.69) is 38.7 Å². The minimum absolute atomic E-state index is 0. The van der Waals surface area contributed by atoms with Gasteiger partial charge < -0.3 is 15.8 Å². The molecule has 0 rings (SSSR count). The maximum Gasteiger partial charge on any atom is 0.204 e. The third-order valence-corrected chi connectivity index (χ3v) is 1.26. The molecule has 3 N–H and O–H groups in total. The molecular weight excluding hydrogens is 240 g/mol.